The van der Waals surface area contributed by atoms with E-state index < -0.39 is 0 Å². The number of ether oxygens (including phenoxy) is 1. The van der Waals surface area contributed by atoms with Crippen LogP contribution in [0.3, 0.4) is 0 Å². The van der Waals surface area contributed by atoms with Crippen LogP contribution in [0.5, 0.6) is 0 Å². The summed E-state index contributed by atoms with van der Waals surface area (Å²) in [4.78, 5) is 12.4. The first kappa shape index (κ1) is 17.0. The molecule has 0 aliphatic heterocycles. The Bertz CT molecular complexity index is 635. The molecule has 0 heterocycles. The third-order valence-electron chi connectivity index (χ3n) is 4.74. The first-order valence-electron chi connectivity index (χ1n) is 7.45. The Morgan fingerprint density at radius 2 is 1.82 bits per heavy atom. The number of halogens is 1. The summed E-state index contributed by atoms with van der Waals surface area (Å²) >= 11 is 3.69. The quantitative estimate of drug-likeness (QED) is 0.663. The highest BCUT2D eigenvalue weighted by atomic mass is 79.9. The fourth-order valence-corrected chi connectivity index (χ4v) is 3.67. The zero-order valence-electron chi connectivity index (χ0n) is 13.9. The highest BCUT2D eigenvalue weighted by molar-refractivity contribution is 9.12. The molecule has 1 aromatic rings. The number of rotatable bonds is 2. The van der Waals surface area contributed by atoms with Gasteiger partial charge in [-0.1, -0.05) is 80.0 Å². The van der Waals surface area contributed by atoms with Crippen molar-refractivity contribution in [1.82, 2.24) is 0 Å². The summed E-state index contributed by atoms with van der Waals surface area (Å²) in [5.74, 6) is -0.251. The Morgan fingerprint density at radius 1 is 1.23 bits per heavy atom. The third-order valence-corrected chi connectivity index (χ3v) is 5.36. The van der Waals surface area contributed by atoms with Crippen LogP contribution in [0.1, 0.15) is 39.7 Å². The van der Waals surface area contributed by atoms with Crippen molar-refractivity contribution in [2.45, 2.75) is 34.1 Å². The van der Waals surface area contributed by atoms with Crippen molar-refractivity contribution in [2.75, 3.05) is 7.11 Å². The Labute approximate surface area is 141 Å². The first-order chi connectivity index (χ1) is 10.2. The summed E-state index contributed by atoms with van der Waals surface area (Å²) in [6, 6.07) is 9.98. The van der Waals surface area contributed by atoms with Crippen LogP contribution in [-0.2, 0) is 9.53 Å². The molecule has 2 rings (SSSR count). The SMILES string of the molecule is COC(=O)C1=C(c2ccccc2)C(Br)=CC(C)(C(C)(C)C)C1. The molecule has 2 nitrogen and oxygen atoms in total. The molecular formula is C19H23BrO2. The van der Waals surface area contributed by atoms with Crippen molar-refractivity contribution in [3.05, 3.63) is 52.0 Å². The molecule has 0 spiro atoms. The van der Waals surface area contributed by atoms with Gasteiger partial charge in [0.1, 0.15) is 0 Å². The molecular weight excluding hydrogens is 340 g/mol. The summed E-state index contributed by atoms with van der Waals surface area (Å²) in [6.07, 6.45) is 2.91. The van der Waals surface area contributed by atoms with Crippen LogP contribution >= 0.6 is 15.9 Å². The highest BCUT2D eigenvalue weighted by Crippen LogP contribution is 2.52. The van der Waals surface area contributed by atoms with Crippen molar-refractivity contribution < 1.29 is 9.53 Å². The van der Waals surface area contributed by atoms with Crippen LogP contribution in [0.4, 0.5) is 0 Å². The zero-order chi connectivity index (χ0) is 16.5. The average Bonchev–Trinajstić information content (AvgIpc) is 2.45. The molecule has 0 amide bonds. The van der Waals surface area contributed by atoms with Gasteiger partial charge in [0.2, 0.25) is 0 Å². The van der Waals surface area contributed by atoms with E-state index in [9.17, 15) is 4.79 Å². The molecule has 118 valence electrons. The van der Waals surface area contributed by atoms with Gasteiger partial charge < -0.3 is 4.74 Å². The van der Waals surface area contributed by atoms with E-state index in [0.717, 1.165) is 21.2 Å². The number of benzene rings is 1. The minimum atomic E-state index is -0.251. The lowest BCUT2D eigenvalue weighted by atomic mass is 9.62. The van der Waals surface area contributed by atoms with Crippen molar-refractivity contribution in [2.24, 2.45) is 10.8 Å². The average molecular weight is 363 g/mol. The van der Waals surface area contributed by atoms with Crippen LogP contribution in [0.25, 0.3) is 5.57 Å². The maximum Gasteiger partial charge on any atom is 0.334 e. The predicted molar refractivity (Wildman–Crippen MR) is 94.6 cm³/mol. The number of carbonyl (C=O) groups excluding carboxylic acids is 1. The molecule has 0 N–H and O–H groups in total. The minimum absolute atomic E-state index is 0.0352. The molecule has 0 saturated carbocycles. The molecule has 0 bridgehead atoms. The van der Waals surface area contributed by atoms with Gasteiger partial charge in [0.25, 0.3) is 0 Å². The van der Waals surface area contributed by atoms with Crippen LogP contribution in [0.2, 0.25) is 0 Å². The standard InChI is InChI=1S/C19H23BrO2/c1-18(2,3)19(4)11-14(17(21)22-5)16(15(20)12-19)13-9-7-6-8-10-13/h6-10,12H,11H2,1-5H3. The van der Waals surface area contributed by atoms with Crippen molar-refractivity contribution >= 4 is 27.5 Å². The summed E-state index contributed by atoms with van der Waals surface area (Å²) in [6.45, 7) is 8.80. The van der Waals surface area contributed by atoms with Crippen molar-refractivity contribution in [3.63, 3.8) is 0 Å². The monoisotopic (exact) mass is 362 g/mol. The molecule has 22 heavy (non-hydrogen) atoms. The molecule has 1 aliphatic carbocycles. The van der Waals surface area contributed by atoms with Gasteiger partial charge in [-0.15, -0.1) is 0 Å². The van der Waals surface area contributed by atoms with E-state index in [4.69, 9.17) is 4.74 Å². The fourth-order valence-electron chi connectivity index (χ4n) is 2.70. The van der Waals surface area contributed by atoms with Gasteiger partial charge >= 0.3 is 5.97 Å². The molecule has 0 radical (unpaired) electrons. The number of methoxy groups -OCH3 is 1. The van der Waals surface area contributed by atoms with Gasteiger partial charge in [-0.3, -0.25) is 0 Å². The third kappa shape index (κ3) is 3.05. The van der Waals surface area contributed by atoms with Gasteiger partial charge in [-0.25, -0.2) is 4.79 Å². The second-order valence-corrected chi connectivity index (χ2v) is 7.90. The van der Waals surface area contributed by atoms with Gasteiger partial charge in [0.05, 0.1) is 7.11 Å². The minimum Gasteiger partial charge on any atom is -0.466 e. The highest BCUT2D eigenvalue weighted by Gasteiger charge is 2.41. The normalized spacial score (nSPS) is 22.4. The maximum atomic E-state index is 12.4. The maximum absolute atomic E-state index is 12.4. The van der Waals surface area contributed by atoms with Crippen LogP contribution < -0.4 is 0 Å². The van der Waals surface area contributed by atoms with Gasteiger partial charge in [-0.05, 0) is 22.8 Å². The van der Waals surface area contributed by atoms with E-state index in [1.807, 2.05) is 30.3 Å². The number of esters is 1. The molecule has 0 saturated heterocycles. The number of hydrogen-bond acceptors (Lipinski definition) is 2. The smallest absolute Gasteiger partial charge is 0.334 e. The lowest BCUT2D eigenvalue weighted by molar-refractivity contribution is -0.136. The molecule has 1 aliphatic rings. The van der Waals surface area contributed by atoms with E-state index in [0.29, 0.717) is 6.42 Å². The summed E-state index contributed by atoms with van der Waals surface area (Å²) in [5.41, 5.74) is 2.62. The predicted octanol–water partition coefficient (Wildman–Crippen LogP) is 5.35. The number of allylic oxidation sites excluding steroid dienone is 3. The van der Waals surface area contributed by atoms with E-state index in [-0.39, 0.29) is 16.8 Å². The Balaban J connectivity index is 2.63. The van der Waals surface area contributed by atoms with E-state index in [1.165, 1.54) is 7.11 Å². The Hall–Kier alpha value is -1.35. The van der Waals surface area contributed by atoms with Gasteiger partial charge in [0, 0.05) is 15.6 Å². The largest absolute Gasteiger partial charge is 0.466 e. The summed E-state index contributed by atoms with van der Waals surface area (Å²) < 4.78 is 6.01. The Kier molecular flexibility index (Phi) is 4.67. The molecule has 1 unspecified atom stereocenters. The second-order valence-electron chi connectivity index (χ2n) is 7.05. The van der Waals surface area contributed by atoms with E-state index >= 15 is 0 Å². The molecule has 1 aromatic carbocycles. The van der Waals surface area contributed by atoms with E-state index in [1.54, 1.807) is 0 Å². The number of hydrogen-bond donors (Lipinski definition) is 0. The number of carbonyl (C=O) groups is 1. The van der Waals surface area contributed by atoms with Crippen LogP contribution in [0, 0.1) is 10.8 Å². The lowest BCUT2D eigenvalue weighted by Crippen LogP contribution is -2.35. The van der Waals surface area contributed by atoms with Crippen LogP contribution in [0.15, 0.2) is 46.5 Å². The van der Waals surface area contributed by atoms with Crippen molar-refractivity contribution in [3.8, 4) is 0 Å². The van der Waals surface area contributed by atoms with Crippen molar-refractivity contribution in [1.29, 1.82) is 0 Å². The zero-order valence-corrected chi connectivity index (χ0v) is 15.5. The topological polar surface area (TPSA) is 26.3 Å². The Morgan fingerprint density at radius 3 is 2.32 bits per heavy atom. The second kappa shape index (κ2) is 6.04. The summed E-state index contributed by atoms with van der Waals surface area (Å²) in [7, 11) is 1.44. The first-order valence-corrected chi connectivity index (χ1v) is 8.24. The van der Waals surface area contributed by atoms with E-state index in [2.05, 4.69) is 49.7 Å². The van der Waals surface area contributed by atoms with Gasteiger partial charge in [-0.2, -0.15) is 0 Å². The lowest BCUT2D eigenvalue weighted by Gasteiger charge is -2.43. The molecule has 1 atom stereocenters. The molecule has 0 aromatic heterocycles. The van der Waals surface area contributed by atoms with Gasteiger partial charge in [0.15, 0.2) is 0 Å². The fraction of sp³-hybridized carbons (Fsp3) is 0.421. The summed E-state index contributed by atoms with van der Waals surface area (Å²) in [5, 5.41) is 0. The van der Waals surface area contributed by atoms with Crippen LogP contribution in [-0.4, -0.2) is 13.1 Å². The molecule has 3 heteroatoms. The molecule has 0 fully saturated rings.